The molecule has 0 bridgehead atoms. The molecule has 1 heterocycles. The van der Waals surface area contributed by atoms with Gasteiger partial charge in [-0.05, 0) is 69.7 Å². The third-order valence-corrected chi connectivity index (χ3v) is 7.99. The lowest BCUT2D eigenvalue weighted by Crippen LogP contribution is -2.42. The fraction of sp³-hybridized carbons (Fsp3) is 0.667. The molecule has 1 aromatic carbocycles. The van der Waals surface area contributed by atoms with Crippen LogP contribution in [0.4, 0.5) is 0 Å². The highest BCUT2D eigenvalue weighted by Crippen LogP contribution is 2.32. The van der Waals surface area contributed by atoms with Gasteiger partial charge in [-0.15, -0.1) is 0 Å². The summed E-state index contributed by atoms with van der Waals surface area (Å²) in [4.78, 5) is 15.4. The second kappa shape index (κ2) is 8.31. The van der Waals surface area contributed by atoms with Crippen LogP contribution in [0.2, 0.25) is 0 Å². The van der Waals surface area contributed by atoms with Gasteiger partial charge < -0.3 is 4.90 Å². The SMILES string of the molecule is CCC(CC)N(C(=O)c1ccc(S(=O)(=O)N2CCCC[C@H]2C)cc1)C1CC1. The molecule has 1 aliphatic carbocycles. The van der Waals surface area contributed by atoms with E-state index in [1.807, 2.05) is 11.8 Å². The first-order valence-electron chi connectivity index (χ1n) is 10.3. The normalized spacial score (nSPS) is 21.4. The van der Waals surface area contributed by atoms with E-state index in [4.69, 9.17) is 0 Å². The van der Waals surface area contributed by atoms with Crippen LogP contribution in [-0.2, 0) is 10.0 Å². The van der Waals surface area contributed by atoms with Crippen LogP contribution in [0.15, 0.2) is 29.2 Å². The Morgan fingerprint density at radius 1 is 1.11 bits per heavy atom. The van der Waals surface area contributed by atoms with E-state index >= 15 is 0 Å². The van der Waals surface area contributed by atoms with Gasteiger partial charge in [0.25, 0.3) is 5.91 Å². The largest absolute Gasteiger partial charge is 0.333 e. The van der Waals surface area contributed by atoms with Gasteiger partial charge in [0.05, 0.1) is 4.90 Å². The van der Waals surface area contributed by atoms with E-state index in [2.05, 4.69) is 13.8 Å². The third kappa shape index (κ3) is 4.21. The lowest BCUT2D eigenvalue weighted by molar-refractivity contribution is 0.0649. The Balaban J connectivity index is 1.81. The number of benzene rings is 1. The number of piperidine rings is 1. The van der Waals surface area contributed by atoms with Crippen LogP contribution in [-0.4, -0.2) is 48.2 Å². The summed E-state index contributed by atoms with van der Waals surface area (Å²) < 4.78 is 27.5. The van der Waals surface area contributed by atoms with Gasteiger partial charge >= 0.3 is 0 Å². The van der Waals surface area contributed by atoms with E-state index in [9.17, 15) is 13.2 Å². The van der Waals surface area contributed by atoms with Crippen molar-refractivity contribution in [3.63, 3.8) is 0 Å². The van der Waals surface area contributed by atoms with Crippen LogP contribution >= 0.6 is 0 Å². The van der Waals surface area contributed by atoms with Gasteiger partial charge in [-0.3, -0.25) is 4.79 Å². The average molecular weight is 393 g/mol. The first kappa shape index (κ1) is 20.3. The molecule has 27 heavy (non-hydrogen) atoms. The first-order chi connectivity index (χ1) is 12.9. The standard InChI is InChI=1S/C21H32N2O3S/c1-4-18(5-2)23(19-11-12-19)21(24)17-9-13-20(14-10-17)27(25,26)22-15-7-6-8-16(22)3/h9-10,13-14,16,18-19H,4-8,11-12,15H2,1-3H3/t16-/m1/s1. The molecule has 1 saturated carbocycles. The van der Waals surface area contributed by atoms with Crippen molar-refractivity contribution in [1.29, 1.82) is 0 Å². The van der Waals surface area contributed by atoms with Crippen LogP contribution in [0, 0.1) is 0 Å². The maximum atomic E-state index is 13.1. The molecule has 3 rings (SSSR count). The van der Waals surface area contributed by atoms with Gasteiger partial charge in [-0.2, -0.15) is 4.31 Å². The number of amides is 1. The minimum Gasteiger partial charge on any atom is -0.333 e. The summed E-state index contributed by atoms with van der Waals surface area (Å²) >= 11 is 0. The van der Waals surface area contributed by atoms with E-state index in [1.54, 1.807) is 28.6 Å². The summed E-state index contributed by atoms with van der Waals surface area (Å²) in [7, 11) is -3.50. The zero-order valence-corrected chi connectivity index (χ0v) is 17.5. The highest BCUT2D eigenvalue weighted by atomic mass is 32.2. The van der Waals surface area contributed by atoms with Crippen molar-refractivity contribution in [1.82, 2.24) is 9.21 Å². The summed E-state index contributed by atoms with van der Waals surface area (Å²) in [6, 6.07) is 7.19. The van der Waals surface area contributed by atoms with Gasteiger partial charge in [0.1, 0.15) is 0 Å². The first-order valence-corrected chi connectivity index (χ1v) is 11.8. The Hall–Kier alpha value is -1.40. The van der Waals surface area contributed by atoms with Gasteiger partial charge in [0.2, 0.25) is 10.0 Å². The number of carbonyl (C=O) groups excluding carboxylic acids is 1. The summed E-state index contributed by atoms with van der Waals surface area (Å²) in [6.07, 6.45) is 6.92. The summed E-state index contributed by atoms with van der Waals surface area (Å²) in [6.45, 7) is 6.78. The molecule has 0 radical (unpaired) electrons. The molecule has 2 aliphatic rings. The van der Waals surface area contributed by atoms with Crippen molar-refractivity contribution in [3.8, 4) is 0 Å². The van der Waals surface area contributed by atoms with Gasteiger partial charge in [-0.1, -0.05) is 20.3 Å². The smallest absolute Gasteiger partial charge is 0.254 e. The lowest BCUT2D eigenvalue weighted by Gasteiger charge is -2.32. The Labute approximate surface area is 163 Å². The molecule has 1 amide bonds. The maximum absolute atomic E-state index is 13.1. The monoisotopic (exact) mass is 392 g/mol. The van der Waals surface area contributed by atoms with Crippen molar-refractivity contribution in [3.05, 3.63) is 29.8 Å². The van der Waals surface area contributed by atoms with Gasteiger partial charge in [0, 0.05) is 30.2 Å². The lowest BCUT2D eigenvalue weighted by atomic mass is 10.1. The highest BCUT2D eigenvalue weighted by Gasteiger charge is 2.37. The fourth-order valence-corrected chi connectivity index (χ4v) is 5.85. The number of sulfonamides is 1. The van der Waals surface area contributed by atoms with Crippen molar-refractivity contribution >= 4 is 15.9 Å². The van der Waals surface area contributed by atoms with E-state index in [0.717, 1.165) is 44.9 Å². The van der Waals surface area contributed by atoms with Crippen LogP contribution in [0.5, 0.6) is 0 Å². The van der Waals surface area contributed by atoms with Crippen molar-refractivity contribution < 1.29 is 13.2 Å². The quantitative estimate of drug-likeness (QED) is 0.703. The fourth-order valence-electron chi connectivity index (χ4n) is 4.15. The highest BCUT2D eigenvalue weighted by molar-refractivity contribution is 7.89. The topological polar surface area (TPSA) is 57.7 Å². The Morgan fingerprint density at radius 3 is 2.26 bits per heavy atom. The second-order valence-electron chi connectivity index (χ2n) is 7.90. The molecule has 1 aromatic rings. The molecule has 150 valence electrons. The molecule has 2 fully saturated rings. The zero-order chi connectivity index (χ0) is 19.6. The van der Waals surface area contributed by atoms with E-state index in [1.165, 1.54) is 0 Å². The summed E-state index contributed by atoms with van der Waals surface area (Å²) in [5.41, 5.74) is 0.583. The molecule has 0 aromatic heterocycles. The molecule has 1 saturated heterocycles. The van der Waals surface area contributed by atoms with E-state index in [0.29, 0.717) is 18.2 Å². The van der Waals surface area contributed by atoms with Crippen molar-refractivity contribution in [2.24, 2.45) is 0 Å². The maximum Gasteiger partial charge on any atom is 0.254 e. The molecule has 0 N–H and O–H groups in total. The predicted octanol–water partition coefficient (Wildman–Crippen LogP) is 4.04. The van der Waals surface area contributed by atoms with Crippen molar-refractivity contribution in [2.75, 3.05) is 6.54 Å². The molecule has 1 aliphatic heterocycles. The Bertz CT molecular complexity index is 752. The van der Waals surface area contributed by atoms with Gasteiger partial charge in [0.15, 0.2) is 0 Å². The molecule has 0 unspecified atom stereocenters. The van der Waals surface area contributed by atoms with Crippen LogP contribution in [0.1, 0.15) is 76.1 Å². The Kier molecular flexibility index (Phi) is 6.26. The molecule has 0 spiro atoms. The molecular formula is C21H32N2O3S. The van der Waals surface area contributed by atoms with E-state index < -0.39 is 10.0 Å². The molecule has 5 nitrogen and oxygen atoms in total. The molecule has 1 atom stereocenters. The van der Waals surface area contributed by atoms with E-state index in [-0.39, 0.29) is 22.9 Å². The minimum absolute atomic E-state index is 0.0292. The summed E-state index contributed by atoms with van der Waals surface area (Å²) in [5, 5.41) is 0. The van der Waals surface area contributed by atoms with Gasteiger partial charge in [-0.25, -0.2) is 8.42 Å². The van der Waals surface area contributed by atoms with Crippen molar-refractivity contribution in [2.45, 2.75) is 88.7 Å². The zero-order valence-electron chi connectivity index (χ0n) is 16.7. The third-order valence-electron chi connectivity index (χ3n) is 5.96. The number of hydrogen-bond acceptors (Lipinski definition) is 3. The Morgan fingerprint density at radius 2 is 1.74 bits per heavy atom. The average Bonchev–Trinajstić information content (AvgIpc) is 3.50. The van der Waals surface area contributed by atoms with Crippen LogP contribution < -0.4 is 0 Å². The molecule has 6 heteroatoms. The number of nitrogens with zero attached hydrogens (tertiary/aromatic N) is 2. The molecular weight excluding hydrogens is 360 g/mol. The van der Waals surface area contributed by atoms with Crippen LogP contribution in [0.3, 0.4) is 0 Å². The minimum atomic E-state index is -3.50. The predicted molar refractivity (Wildman–Crippen MR) is 107 cm³/mol. The number of hydrogen-bond donors (Lipinski definition) is 0. The number of rotatable bonds is 7. The van der Waals surface area contributed by atoms with Crippen LogP contribution in [0.25, 0.3) is 0 Å². The second-order valence-corrected chi connectivity index (χ2v) is 9.79. The summed E-state index contributed by atoms with van der Waals surface area (Å²) in [5.74, 6) is 0.0292. The number of carbonyl (C=O) groups is 1.